The third kappa shape index (κ3) is 5.34. The van der Waals surface area contributed by atoms with E-state index < -0.39 is 5.54 Å². The summed E-state index contributed by atoms with van der Waals surface area (Å²) in [6, 6.07) is 8.01. The average molecular weight is 442 g/mol. The topological polar surface area (TPSA) is 61.9 Å². The molecule has 1 aromatic carbocycles. The van der Waals surface area contributed by atoms with Crippen LogP contribution in [0.5, 0.6) is 0 Å². The van der Waals surface area contributed by atoms with E-state index in [0.717, 1.165) is 63.2 Å². The van der Waals surface area contributed by atoms with Gasteiger partial charge in [-0.05, 0) is 37.8 Å². The number of nitrogens with zero attached hydrogens (tertiary/aromatic N) is 2. The number of amides is 2. The minimum Gasteiger partial charge on any atom is -0.379 e. The van der Waals surface area contributed by atoms with Crippen LogP contribution in [-0.2, 0) is 16.0 Å². The maximum absolute atomic E-state index is 13.7. The third-order valence-electron chi connectivity index (χ3n) is 7.51. The first-order valence-corrected chi connectivity index (χ1v) is 12.6. The van der Waals surface area contributed by atoms with E-state index in [9.17, 15) is 9.59 Å². The Bertz CT molecular complexity index is 784. The van der Waals surface area contributed by atoms with E-state index in [1.807, 2.05) is 36.1 Å². The predicted octanol–water partition coefficient (Wildman–Crippen LogP) is 3.40. The van der Waals surface area contributed by atoms with Crippen molar-refractivity contribution >= 4 is 11.8 Å². The van der Waals surface area contributed by atoms with Gasteiger partial charge in [-0.1, -0.05) is 50.3 Å². The van der Waals surface area contributed by atoms with Crippen molar-refractivity contribution in [1.82, 2.24) is 15.1 Å². The molecule has 32 heavy (non-hydrogen) atoms. The normalized spacial score (nSPS) is 25.7. The van der Waals surface area contributed by atoms with Crippen molar-refractivity contribution in [3.05, 3.63) is 35.4 Å². The minimum atomic E-state index is -0.848. The molecule has 0 bridgehead atoms. The fourth-order valence-electron chi connectivity index (χ4n) is 5.49. The largest absolute Gasteiger partial charge is 0.379 e. The molecule has 1 aliphatic carbocycles. The second-order valence-electron chi connectivity index (χ2n) is 9.89. The van der Waals surface area contributed by atoms with E-state index in [4.69, 9.17) is 4.74 Å². The minimum absolute atomic E-state index is 0.0101. The number of nitrogens with one attached hydrogen (secondary N) is 1. The SMILES string of the molecule is C[C@]1(C(=O)NC2CCCCCCC2)Cc2ccccc2C(=O)N1CCCN1CCOCC1. The van der Waals surface area contributed by atoms with Crippen LogP contribution in [0.25, 0.3) is 0 Å². The second-order valence-corrected chi connectivity index (χ2v) is 9.89. The molecule has 1 N–H and O–H groups in total. The maximum atomic E-state index is 13.7. The summed E-state index contributed by atoms with van der Waals surface area (Å²) in [5.74, 6) is 0.00134. The van der Waals surface area contributed by atoms with Crippen molar-refractivity contribution in [3.8, 4) is 0 Å². The van der Waals surface area contributed by atoms with Crippen molar-refractivity contribution in [3.63, 3.8) is 0 Å². The number of ether oxygens (including phenoxy) is 1. The fourth-order valence-corrected chi connectivity index (χ4v) is 5.49. The molecule has 1 saturated carbocycles. The first-order chi connectivity index (χ1) is 15.6. The van der Waals surface area contributed by atoms with Crippen molar-refractivity contribution in [2.45, 2.75) is 76.3 Å². The Morgan fingerprint density at radius 2 is 1.75 bits per heavy atom. The standard InChI is InChI=1S/C26H39N3O3/c1-26(25(31)27-22-11-5-3-2-4-6-12-22)20-21-10-7-8-13-23(21)24(30)29(26)15-9-14-28-16-18-32-19-17-28/h7-8,10,13,22H,2-6,9,11-12,14-20H2,1H3,(H,27,31)/t26-/m1/s1. The van der Waals surface area contributed by atoms with Gasteiger partial charge in [-0.25, -0.2) is 0 Å². The molecule has 6 nitrogen and oxygen atoms in total. The quantitative estimate of drug-likeness (QED) is 0.735. The highest BCUT2D eigenvalue weighted by Crippen LogP contribution is 2.32. The van der Waals surface area contributed by atoms with Crippen LogP contribution in [0.2, 0.25) is 0 Å². The lowest BCUT2D eigenvalue weighted by Gasteiger charge is -2.45. The van der Waals surface area contributed by atoms with E-state index in [2.05, 4.69) is 10.2 Å². The molecule has 6 heteroatoms. The lowest BCUT2D eigenvalue weighted by Crippen LogP contribution is -2.64. The van der Waals surface area contributed by atoms with Crippen LogP contribution in [0.15, 0.2) is 24.3 Å². The van der Waals surface area contributed by atoms with Crippen LogP contribution in [0.1, 0.15) is 74.2 Å². The smallest absolute Gasteiger partial charge is 0.255 e. The molecule has 2 fully saturated rings. The molecule has 2 heterocycles. The highest BCUT2D eigenvalue weighted by molar-refractivity contribution is 6.02. The summed E-state index contributed by atoms with van der Waals surface area (Å²) < 4.78 is 5.45. The Morgan fingerprint density at radius 3 is 2.50 bits per heavy atom. The highest BCUT2D eigenvalue weighted by Gasteiger charge is 2.46. The molecular weight excluding hydrogens is 402 g/mol. The van der Waals surface area contributed by atoms with Gasteiger partial charge in [0.2, 0.25) is 5.91 Å². The summed E-state index contributed by atoms with van der Waals surface area (Å²) in [7, 11) is 0. The van der Waals surface area contributed by atoms with Crippen LogP contribution in [0, 0.1) is 0 Å². The summed E-state index contributed by atoms with van der Waals surface area (Å²) in [6.07, 6.45) is 9.68. The van der Waals surface area contributed by atoms with Gasteiger partial charge in [0, 0.05) is 44.2 Å². The molecule has 0 unspecified atom stereocenters. The van der Waals surface area contributed by atoms with Gasteiger partial charge < -0.3 is 15.0 Å². The van der Waals surface area contributed by atoms with Crippen molar-refractivity contribution in [1.29, 1.82) is 0 Å². The van der Waals surface area contributed by atoms with Crippen molar-refractivity contribution in [2.75, 3.05) is 39.4 Å². The lowest BCUT2D eigenvalue weighted by molar-refractivity contribution is -0.132. The van der Waals surface area contributed by atoms with Gasteiger partial charge in [-0.3, -0.25) is 14.5 Å². The number of fused-ring (bicyclic) bond motifs is 1. The zero-order valence-electron chi connectivity index (χ0n) is 19.6. The van der Waals surface area contributed by atoms with Gasteiger partial charge in [0.05, 0.1) is 13.2 Å². The Hall–Kier alpha value is -1.92. The van der Waals surface area contributed by atoms with Crippen LogP contribution < -0.4 is 5.32 Å². The summed E-state index contributed by atoms with van der Waals surface area (Å²) in [5.41, 5.74) is 0.881. The van der Waals surface area contributed by atoms with Crippen molar-refractivity contribution < 1.29 is 14.3 Å². The van der Waals surface area contributed by atoms with E-state index >= 15 is 0 Å². The van der Waals surface area contributed by atoms with Gasteiger partial charge in [-0.15, -0.1) is 0 Å². The van der Waals surface area contributed by atoms with E-state index in [1.165, 1.54) is 32.1 Å². The Kier molecular flexibility index (Phi) is 7.84. The maximum Gasteiger partial charge on any atom is 0.255 e. The van der Waals surface area contributed by atoms with Gasteiger partial charge in [0.15, 0.2) is 0 Å². The van der Waals surface area contributed by atoms with Crippen molar-refractivity contribution in [2.24, 2.45) is 0 Å². The average Bonchev–Trinajstić information content (AvgIpc) is 2.78. The monoisotopic (exact) mass is 441 g/mol. The number of carbonyl (C=O) groups is 2. The predicted molar refractivity (Wildman–Crippen MR) is 126 cm³/mol. The summed E-state index contributed by atoms with van der Waals surface area (Å²) in [5, 5.41) is 3.36. The lowest BCUT2D eigenvalue weighted by atomic mass is 9.82. The first-order valence-electron chi connectivity index (χ1n) is 12.6. The molecule has 4 rings (SSSR count). The summed E-state index contributed by atoms with van der Waals surface area (Å²) in [6.45, 7) is 6.92. The van der Waals surface area contributed by atoms with Gasteiger partial charge in [0.25, 0.3) is 5.91 Å². The van der Waals surface area contributed by atoms with Gasteiger partial charge in [-0.2, -0.15) is 0 Å². The third-order valence-corrected chi connectivity index (χ3v) is 7.51. The van der Waals surface area contributed by atoms with E-state index in [-0.39, 0.29) is 17.9 Å². The zero-order valence-corrected chi connectivity index (χ0v) is 19.6. The van der Waals surface area contributed by atoms with Gasteiger partial charge >= 0.3 is 0 Å². The Labute approximate surface area is 192 Å². The molecule has 176 valence electrons. The Balaban J connectivity index is 1.48. The molecule has 0 spiro atoms. The van der Waals surface area contributed by atoms with Crippen LogP contribution in [0.4, 0.5) is 0 Å². The molecule has 1 saturated heterocycles. The number of hydrogen-bond acceptors (Lipinski definition) is 4. The Morgan fingerprint density at radius 1 is 1.06 bits per heavy atom. The van der Waals surface area contributed by atoms with Crippen LogP contribution in [-0.4, -0.2) is 72.6 Å². The zero-order chi connectivity index (χ0) is 22.4. The molecule has 0 aromatic heterocycles. The molecule has 1 aromatic rings. The summed E-state index contributed by atoms with van der Waals surface area (Å²) in [4.78, 5) is 31.5. The number of morpholine rings is 1. The molecular formula is C26H39N3O3. The van der Waals surface area contributed by atoms with E-state index in [0.29, 0.717) is 13.0 Å². The molecule has 3 aliphatic rings. The van der Waals surface area contributed by atoms with E-state index in [1.54, 1.807) is 0 Å². The summed E-state index contributed by atoms with van der Waals surface area (Å²) >= 11 is 0. The molecule has 2 aliphatic heterocycles. The molecule has 2 amide bonds. The highest BCUT2D eigenvalue weighted by atomic mass is 16.5. The first kappa shape index (κ1) is 23.2. The fraction of sp³-hybridized carbons (Fsp3) is 0.692. The number of hydrogen-bond donors (Lipinski definition) is 1. The molecule has 0 radical (unpaired) electrons. The van der Waals surface area contributed by atoms with Crippen LogP contribution >= 0.6 is 0 Å². The van der Waals surface area contributed by atoms with Gasteiger partial charge in [0.1, 0.15) is 5.54 Å². The number of rotatable bonds is 6. The molecule has 1 atom stereocenters. The second kappa shape index (κ2) is 10.8. The number of benzene rings is 1. The van der Waals surface area contributed by atoms with Crippen LogP contribution in [0.3, 0.4) is 0 Å². The number of carbonyl (C=O) groups excluding carboxylic acids is 2.